The summed E-state index contributed by atoms with van der Waals surface area (Å²) >= 11 is 1.25. The van der Waals surface area contributed by atoms with Crippen LogP contribution in [-0.2, 0) is 16.6 Å². The second-order valence-electron chi connectivity index (χ2n) is 6.15. The van der Waals surface area contributed by atoms with Crippen LogP contribution in [0.15, 0.2) is 53.4 Å². The minimum Gasteiger partial charge on any atom is -0.486 e. The number of benzene rings is 2. The summed E-state index contributed by atoms with van der Waals surface area (Å²) in [6, 6.07) is 13.3. The number of nitrogens with zero attached hydrogens (tertiary/aromatic N) is 1. The van der Waals surface area contributed by atoms with Crippen LogP contribution >= 0.6 is 11.3 Å². The Morgan fingerprint density at radius 3 is 2.36 bits per heavy atom. The topological polar surface area (TPSA) is 111 Å². The molecular weight excluding hydrogens is 398 g/mol. The van der Waals surface area contributed by atoms with Crippen molar-refractivity contribution in [2.45, 2.75) is 25.3 Å². The molecule has 1 amide bonds. The van der Waals surface area contributed by atoms with E-state index in [4.69, 9.17) is 9.88 Å². The van der Waals surface area contributed by atoms with E-state index in [1.807, 2.05) is 31.2 Å². The highest BCUT2D eigenvalue weighted by atomic mass is 32.2. The molecule has 9 heteroatoms. The summed E-state index contributed by atoms with van der Waals surface area (Å²) in [5.41, 5.74) is 2.21. The van der Waals surface area contributed by atoms with Crippen LogP contribution in [0.4, 0.5) is 5.69 Å². The predicted octanol–water partition coefficient (Wildman–Crippen LogP) is 3.24. The molecule has 3 aromatic rings. The van der Waals surface area contributed by atoms with Gasteiger partial charge in [0.1, 0.15) is 22.2 Å². The van der Waals surface area contributed by atoms with E-state index in [1.165, 1.54) is 35.6 Å². The Morgan fingerprint density at radius 2 is 1.75 bits per heavy atom. The van der Waals surface area contributed by atoms with Crippen molar-refractivity contribution in [3.8, 4) is 5.75 Å². The van der Waals surface area contributed by atoms with Crippen molar-refractivity contribution in [1.29, 1.82) is 0 Å². The van der Waals surface area contributed by atoms with E-state index in [0.717, 1.165) is 11.3 Å². The third-order valence-electron chi connectivity index (χ3n) is 3.87. The lowest BCUT2D eigenvalue weighted by atomic mass is 10.2. The lowest BCUT2D eigenvalue weighted by Gasteiger charge is -2.05. The molecule has 7 nitrogen and oxygen atoms in total. The Morgan fingerprint density at radius 1 is 1.11 bits per heavy atom. The number of aryl methyl sites for hydroxylation is 2. The first-order valence-electron chi connectivity index (χ1n) is 8.32. The first-order chi connectivity index (χ1) is 13.2. The van der Waals surface area contributed by atoms with Gasteiger partial charge >= 0.3 is 0 Å². The van der Waals surface area contributed by atoms with Gasteiger partial charge in [0.25, 0.3) is 5.91 Å². The van der Waals surface area contributed by atoms with Crippen LogP contribution in [0.5, 0.6) is 5.75 Å². The average molecular weight is 418 g/mol. The molecule has 3 N–H and O–H groups in total. The number of rotatable bonds is 6. The van der Waals surface area contributed by atoms with Crippen molar-refractivity contribution in [3.05, 3.63) is 69.7 Å². The first kappa shape index (κ1) is 20.0. The van der Waals surface area contributed by atoms with Gasteiger partial charge in [-0.05, 0) is 50.2 Å². The van der Waals surface area contributed by atoms with Gasteiger partial charge in [-0.3, -0.25) is 4.79 Å². The number of aromatic nitrogens is 1. The maximum atomic E-state index is 12.5. The van der Waals surface area contributed by atoms with Crippen molar-refractivity contribution >= 4 is 33.0 Å². The zero-order chi connectivity index (χ0) is 20.3. The minimum absolute atomic E-state index is 0.0185. The molecule has 0 saturated heterocycles. The van der Waals surface area contributed by atoms with Gasteiger partial charge < -0.3 is 10.1 Å². The zero-order valence-electron chi connectivity index (χ0n) is 15.3. The molecular formula is C19H19N3O4S2. The van der Waals surface area contributed by atoms with Crippen LogP contribution < -0.4 is 15.2 Å². The molecule has 0 unspecified atom stereocenters. The zero-order valence-corrected chi connectivity index (χ0v) is 16.9. The highest BCUT2D eigenvalue weighted by Crippen LogP contribution is 2.22. The van der Waals surface area contributed by atoms with E-state index >= 15 is 0 Å². The number of carbonyl (C=O) groups excluding carboxylic acids is 1. The minimum atomic E-state index is -3.77. The maximum absolute atomic E-state index is 12.5. The Kier molecular flexibility index (Phi) is 5.78. The van der Waals surface area contributed by atoms with Gasteiger partial charge in [-0.15, -0.1) is 11.3 Å². The molecule has 0 spiro atoms. The number of ether oxygens (including phenoxy) is 1. The third-order valence-corrected chi connectivity index (χ3v) is 5.93. The fraction of sp³-hybridized carbons (Fsp3) is 0.158. The highest BCUT2D eigenvalue weighted by molar-refractivity contribution is 7.89. The molecule has 0 radical (unpaired) electrons. The molecule has 0 fully saturated rings. The second kappa shape index (κ2) is 8.09. The normalized spacial score (nSPS) is 11.2. The fourth-order valence-corrected chi connectivity index (χ4v) is 3.81. The number of nitrogens with two attached hydrogens (primary N) is 1. The first-order valence-corrected chi connectivity index (χ1v) is 10.7. The Labute approximate surface area is 167 Å². The standard InChI is InChI=1S/C19H19N3O4S2/c1-12-3-7-15(8-4-12)26-11-17-21-13(2)18(27-17)19(23)22-14-5-9-16(10-6-14)28(20,24)25/h3-10H,11H2,1-2H3,(H,22,23)(H2,20,24,25). The van der Waals surface area contributed by atoms with E-state index in [0.29, 0.717) is 21.3 Å². The molecule has 2 aromatic carbocycles. The Balaban J connectivity index is 1.66. The van der Waals surface area contributed by atoms with Crippen LogP contribution in [0.1, 0.15) is 25.9 Å². The number of anilines is 1. The maximum Gasteiger partial charge on any atom is 0.267 e. The van der Waals surface area contributed by atoms with Crippen LogP contribution in [0.25, 0.3) is 0 Å². The summed E-state index contributed by atoms with van der Waals surface area (Å²) in [6.45, 7) is 4.02. The van der Waals surface area contributed by atoms with Crippen molar-refractivity contribution in [2.75, 3.05) is 5.32 Å². The highest BCUT2D eigenvalue weighted by Gasteiger charge is 2.16. The molecule has 0 saturated carbocycles. The summed E-state index contributed by atoms with van der Waals surface area (Å²) in [4.78, 5) is 17.4. The summed E-state index contributed by atoms with van der Waals surface area (Å²) in [5, 5.41) is 8.48. The Bertz CT molecular complexity index is 1090. The van der Waals surface area contributed by atoms with Crippen molar-refractivity contribution < 1.29 is 17.9 Å². The number of carbonyl (C=O) groups is 1. The van der Waals surface area contributed by atoms with E-state index in [1.54, 1.807) is 6.92 Å². The average Bonchev–Trinajstić information content (AvgIpc) is 3.02. The molecule has 3 rings (SSSR count). The van der Waals surface area contributed by atoms with Gasteiger partial charge in [0.2, 0.25) is 10.0 Å². The molecule has 0 atom stereocenters. The van der Waals surface area contributed by atoms with Crippen molar-refractivity contribution in [2.24, 2.45) is 5.14 Å². The SMILES string of the molecule is Cc1ccc(OCc2nc(C)c(C(=O)Nc3ccc(S(N)(=O)=O)cc3)s2)cc1. The third kappa shape index (κ3) is 4.94. The van der Waals surface area contributed by atoms with Gasteiger partial charge in [-0.2, -0.15) is 0 Å². The number of thiazole rings is 1. The van der Waals surface area contributed by atoms with Gasteiger partial charge in [-0.25, -0.2) is 18.5 Å². The monoisotopic (exact) mass is 417 g/mol. The number of hydrogen-bond donors (Lipinski definition) is 2. The van der Waals surface area contributed by atoms with Gasteiger partial charge in [0.05, 0.1) is 10.6 Å². The summed E-state index contributed by atoms with van der Waals surface area (Å²) in [6.07, 6.45) is 0. The van der Waals surface area contributed by atoms with Gasteiger partial charge in [0.15, 0.2) is 0 Å². The van der Waals surface area contributed by atoms with E-state index in [-0.39, 0.29) is 17.4 Å². The quantitative estimate of drug-likeness (QED) is 0.639. The number of primary sulfonamides is 1. The molecule has 1 heterocycles. The second-order valence-corrected chi connectivity index (χ2v) is 8.79. The lowest BCUT2D eigenvalue weighted by Crippen LogP contribution is -2.13. The summed E-state index contributed by atoms with van der Waals surface area (Å²) in [7, 11) is -3.77. The number of amides is 1. The molecule has 0 aliphatic heterocycles. The summed E-state index contributed by atoms with van der Waals surface area (Å²) < 4.78 is 28.3. The number of nitrogens with one attached hydrogen (secondary N) is 1. The van der Waals surface area contributed by atoms with Gasteiger partial charge in [0, 0.05) is 5.69 Å². The largest absolute Gasteiger partial charge is 0.486 e. The summed E-state index contributed by atoms with van der Waals surface area (Å²) in [5.74, 6) is 0.416. The lowest BCUT2D eigenvalue weighted by molar-refractivity contribution is 0.103. The molecule has 146 valence electrons. The molecule has 0 aliphatic rings. The van der Waals surface area contributed by atoms with Crippen LogP contribution in [-0.4, -0.2) is 19.3 Å². The van der Waals surface area contributed by atoms with Crippen molar-refractivity contribution in [1.82, 2.24) is 4.98 Å². The Hall–Kier alpha value is -2.75. The van der Waals surface area contributed by atoms with E-state index in [9.17, 15) is 13.2 Å². The van der Waals surface area contributed by atoms with E-state index < -0.39 is 10.0 Å². The van der Waals surface area contributed by atoms with Crippen molar-refractivity contribution in [3.63, 3.8) is 0 Å². The smallest absolute Gasteiger partial charge is 0.267 e. The molecule has 1 aromatic heterocycles. The predicted molar refractivity (Wildman–Crippen MR) is 108 cm³/mol. The molecule has 0 aliphatic carbocycles. The van der Waals surface area contributed by atoms with Gasteiger partial charge in [-0.1, -0.05) is 17.7 Å². The van der Waals surface area contributed by atoms with Crippen LogP contribution in [0.2, 0.25) is 0 Å². The number of hydrogen-bond acceptors (Lipinski definition) is 6. The fourth-order valence-electron chi connectivity index (χ4n) is 2.42. The molecule has 0 bridgehead atoms. The number of sulfonamides is 1. The molecule has 28 heavy (non-hydrogen) atoms. The van der Waals surface area contributed by atoms with Crippen LogP contribution in [0, 0.1) is 13.8 Å². The van der Waals surface area contributed by atoms with Crippen LogP contribution in [0.3, 0.4) is 0 Å². The van der Waals surface area contributed by atoms with E-state index in [2.05, 4.69) is 10.3 Å².